The molecular weight excluding hydrogens is 194 g/mol. The van der Waals surface area contributed by atoms with Crippen LogP contribution >= 0.6 is 0 Å². The molecule has 0 aromatic heterocycles. The summed E-state index contributed by atoms with van der Waals surface area (Å²) in [5.74, 6) is -0.760. The smallest absolute Gasteiger partial charge is 0.323 e. The highest BCUT2D eigenvalue weighted by molar-refractivity contribution is 5.73. The first-order valence-electron chi connectivity index (χ1n) is 5.77. The van der Waals surface area contributed by atoms with E-state index >= 15 is 0 Å². The number of hydrogen-bond donors (Lipinski definition) is 1. The van der Waals surface area contributed by atoms with Crippen molar-refractivity contribution in [2.75, 3.05) is 19.8 Å². The van der Waals surface area contributed by atoms with E-state index in [2.05, 4.69) is 18.7 Å². The number of aliphatic carboxylic acids is 1. The Hall–Kier alpha value is -0.610. The Morgan fingerprint density at radius 2 is 2.33 bits per heavy atom. The van der Waals surface area contributed by atoms with Crippen molar-refractivity contribution in [1.82, 2.24) is 4.90 Å². The minimum atomic E-state index is -0.760. The summed E-state index contributed by atoms with van der Waals surface area (Å²) >= 11 is 0. The van der Waals surface area contributed by atoms with Crippen molar-refractivity contribution < 1.29 is 14.6 Å². The fraction of sp³-hybridized carbons (Fsp3) is 0.909. The third kappa shape index (κ3) is 3.18. The highest BCUT2D eigenvalue weighted by atomic mass is 16.5. The number of nitrogens with zero attached hydrogens (tertiary/aromatic N) is 1. The molecule has 0 spiro atoms. The minimum absolute atomic E-state index is 0.329. The second-order valence-electron chi connectivity index (χ2n) is 4.02. The molecule has 15 heavy (non-hydrogen) atoms. The fourth-order valence-corrected chi connectivity index (χ4v) is 2.20. The Morgan fingerprint density at radius 1 is 1.60 bits per heavy atom. The molecule has 88 valence electrons. The van der Waals surface area contributed by atoms with Gasteiger partial charge in [0, 0.05) is 12.6 Å². The van der Waals surface area contributed by atoms with Crippen LogP contribution in [0.25, 0.3) is 0 Å². The van der Waals surface area contributed by atoms with Gasteiger partial charge in [-0.1, -0.05) is 20.3 Å². The van der Waals surface area contributed by atoms with Gasteiger partial charge in [0.2, 0.25) is 0 Å². The summed E-state index contributed by atoms with van der Waals surface area (Å²) in [6.07, 6.45) is 3.18. The second kappa shape index (κ2) is 6.08. The molecule has 2 atom stereocenters. The Balaban J connectivity index is 2.64. The number of hydrogen-bond acceptors (Lipinski definition) is 3. The van der Waals surface area contributed by atoms with Crippen LogP contribution in [0.15, 0.2) is 0 Å². The zero-order valence-corrected chi connectivity index (χ0v) is 9.61. The average molecular weight is 215 g/mol. The van der Waals surface area contributed by atoms with E-state index in [-0.39, 0.29) is 0 Å². The third-order valence-electron chi connectivity index (χ3n) is 3.02. The lowest BCUT2D eigenvalue weighted by Gasteiger charge is -2.38. The summed E-state index contributed by atoms with van der Waals surface area (Å²) in [7, 11) is 0. The van der Waals surface area contributed by atoms with E-state index in [1.165, 1.54) is 0 Å². The van der Waals surface area contributed by atoms with Crippen molar-refractivity contribution in [2.45, 2.75) is 45.2 Å². The predicted octanol–water partition coefficient (Wildman–Crippen LogP) is 1.35. The maximum atomic E-state index is 11.1. The van der Waals surface area contributed by atoms with E-state index in [4.69, 9.17) is 9.84 Å². The van der Waals surface area contributed by atoms with E-state index in [1.54, 1.807) is 0 Å². The molecular formula is C11H21NO3. The zero-order chi connectivity index (χ0) is 11.3. The Kier molecular flexibility index (Phi) is 5.05. The van der Waals surface area contributed by atoms with E-state index in [0.29, 0.717) is 19.3 Å². The number of morpholine rings is 1. The lowest BCUT2D eigenvalue weighted by atomic mass is 10.0. The lowest BCUT2D eigenvalue weighted by molar-refractivity contribution is -0.151. The summed E-state index contributed by atoms with van der Waals surface area (Å²) < 4.78 is 5.22. The molecule has 2 unspecified atom stereocenters. The van der Waals surface area contributed by atoms with Crippen LogP contribution in [0.5, 0.6) is 0 Å². The van der Waals surface area contributed by atoms with Crippen LogP contribution in [0.3, 0.4) is 0 Å². The SMILES string of the molecule is CCCC(CC)N1CCOCC1C(=O)O. The number of ether oxygens (including phenoxy) is 1. The normalized spacial score (nSPS) is 25.1. The monoisotopic (exact) mass is 215 g/mol. The van der Waals surface area contributed by atoms with Gasteiger partial charge in [-0.3, -0.25) is 9.69 Å². The number of rotatable bonds is 5. The molecule has 1 N–H and O–H groups in total. The molecule has 0 saturated carbocycles. The van der Waals surface area contributed by atoms with Crippen LogP contribution in [0.4, 0.5) is 0 Å². The Morgan fingerprint density at radius 3 is 2.87 bits per heavy atom. The number of carboxylic acid groups (broad SMARTS) is 1. The molecule has 1 heterocycles. The van der Waals surface area contributed by atoms with Crippen molar-refractivity contribution in [3.05, 3.63) is 0 Å². The van der Waals surface area contributed by atoms with Gasteiger partial charge >= 0.3 is 5.97 Å². The van der Waals surface area contributed by atoms with Crippen molar-refractivity contribution in [2.24, 2.45) is 0 Å². The number of carboxylic acids is 1. The van der Waals surface area contributed by atoms with Crippen molar-refractivity contribution in [3.63, 3.8) is 0 Å². The first-order chi connectivity index (χ1) is 7.20. The lowest BCUT2D eigenvalue weighted by Crippen LogP contribution is -2.54. The van der Waals surface area contributed by atoms with Gasteiger partial charge in [0.25, 0.3) is 0 Å². The van der Waals surface area contributed by atoms with Gasteiger partial charge in [0.15, 0.2) is 0 Å². The third-order valence-corrected chi connectivity index (χ3v) is 3.02. The van der Waals surface area contributed by atoms with Gasteiger partial charge in [-0.25, -0.2) is 0 Å². The summed E-state index contributed by atoms with van der Waals surface area (Å²) in [5, 5.41) is 9.10. The van der Waals surface area contributed by atoms with Crippen LogP contribution in [-0.4, -0.2) is 47.8 Å². The maximum absolute atomic E-state index is 11.1. The van der Waals surface area contributed by atoms with E-state index in [0.717, 1.165) is 25.8 Å². The van der Waals surface area contributed by atoms with E-state index in [9.17, 15) is 4.79 Å². The van der Waals surface area contributed by atoms with Crippen molar-refractivity contribution >= 4 is 5.97 Å². The van der Waals surface area contributed by atoms with Gasteiger partial charge < -0.3 is 9.84 Å². The molecule has 4 nitrogen and oxygen atoms in total. The van der Waals surface area contributed by atoms with Crippen molar-refractivity contribution in [3.8, 4) is 0 Å². The first kappa shape index (κ1) is 12.5. The van der Waals surface area contributed by atoms with Gasteiger partial charge in [0.05, 0.1) is 13.2 Å². The fourth-order valence-electron chi connectivity index (χ4n) is 2.20. The van der Waals surface area contributed by atoms with Crippen LogP contribution in [0.2, 0.25) is 0 Å². The molecule has 1 saturated heterocycles. The maximum Gasteiger partial charge on any atom is 0.323 e. The largest absolute Gasteiger partial charge is 0.480 e. The quantitative estimate of drug-likeness (QED) is 0.752. The zero-order valence-electron chi connectivity index (χ0n) is 9.61. The molecule has 0 bridgehead atoms. The summed E-state index contributed by atoms with van der Waals surface area (Å²) in [6, 6.07) is -0.0600. The molecule has 1 fully saturated rings. The molecule has 0 aliphatic carbocycles. The molecule has 0 aromatic rings. The second-order valence-corrected chi connectivity index (χ2v) is 4.02. The molecule has 0 amide bonds. The minimum Gasteiger partial charge on any atom is -0.480 e. The van der Waals surface area contributed by atoms with Gasteiger partial charge in [-0.15, -0.1) is 0 Å². The van der Waals surface area contributed by atoms with Gasteiger partial charge in [0.1, 0.15) is 6.04 Å². The van der Waals surface area contributed by atoms with Crippen molar-refractivity contribution in [1.29, 1.82) is 0 Å². The Labute approximate surface area is 91.2 Å². The van der Waals surface area contributed by atoms with Gasteiger partial charge in [-0.2, -0.15) is 0 Å². The standard InChI is InChI=1S/C11H21NO3/c1-3-5-9(4-2)12-6-7-15-8-10(12)11(13)14/h9-10H,3-8H2,1-2H3,(H,13,14). The highest BCUT2D eigenvalue weighted by Crippen LogP contribution is 2.17. The topological polar surface area (TPSA) is 49.8 Å². The van der Waals surface area contributed by atoms with Crippen LogP contribution < -0.4 is 0 Å². The summed E-state index contributed by atoms with van der Waals surface area (Å²) in [5.41, 5.74) is 0. The molecule has 0 aromatic carbocycles. The molecule has 1 aliphatic rings. The van der Waals surface area contributed by atoms with E-state index < -0.39 is 12.0 Å². The van der Waals surface area contributed by atoms with Crippen LogP contribution in [0.1, 0.15) is 33.1 Å². The van der Waals surface area contributed by atoms with Gasteiger partial charge in [-0.05, 0) is 12.8 Å². The Bertz CT molecular complexity index is 208. The van der Waals surface area contributed by atoms with E-state index in [1.807, 2.05) is 0 Å². The first-order valence-corrected chi connectivity index (χ1v) is 5.77. The molecule has 1 rings (SSSR count). The number of carbonyl (C=O) groups is 1. The highest BCUT2D eigenvalue weighted by Gasteiger charge is 2.32. The van der Waals surface area contributed by atoms with Crippen LogP contribution in [0, 0.1) is 0 Å². The summed E-state index contributed by atoms with van der Waals surface area (Å²) in [6.45, 7) is 5.99. The summed E-state index contributed by atoms with van der Waals surface area (Å²) in [4.78, 5) is 13.2. The molecule has 1 aliphatic heterocycles. The average Bonchev–Trinajstić information content (AvgIpc) is 2.26. The van der Waals surface area contributed by atoms with Crippen LogP contribution in [-0.2, 0) is 9.53 Å². The predicted molar refractivity (Wildman–Crippen MR) is 57.9 cm³/mol. The molecule has 0 radical (unpaired) electrons. The molecule has 4 heteroatoms.